The van der Waals surface area contributed by atoms with Crippen LogP contribution in [0.1, 0.15) is 30.7 Å². The Morgan fingerprint density at radius 2 is 1.92 bits per heavy atom. The van der Waals surface area contributed by atoms with Gasteiger partial charge in [0.15, 0.2) is 5.82 Å². The minimum absolute atomic E-state index is 0.0479. The van der Waals surface area contributed by atoms with Gasteiger partial charge in [-0.3, -0.25) is 19.3 Å². The summed E-state index contributed by atoms with van der Waals surface area (Å²) in [4.78, 5) is 40.5. The van der Waals surface area contributed by atoms with Crippen LogP contribution in [-0.2, 0) is 14.4 Å². The van der Waals surface area contributed by atoms with E-state index in [1.165, 1.54) is 6.20 Å². The van der Waals surface area contributed by atoms with Crippen molar-refractivity contribution in [2.75, 3.05) is 11.9 Å². The molecule has 3 rings (SSSR count). The molecule has 2 aromatic rings. The first-order valence-electron chi connectivity index (χ1n) is 8.18. The highest BCUT2D eigenvalue weighted by molar-refractivity contribution is 6.31. The molecule has 1 N–H and O–H groups in total. The zero-order valence-corrected chi connectivity index (χ0v) is 15.2. The van der Waals surface area contributed by atoms with Crippen molar-refractivity contribution in [1.29, 1.82) is 0 Å². The quantitative estimate of drug-likeness (QED) is 0.806. The fraction of sp³-hybridized carbons (Fsp3) is 0.353. The van der Waals surface area contributed by atoms with Gasteiger partial charge in [-0.2, -0.15) is 5.10 Å². The summed E-state index contributed by atoms with van der Waals surface area (Å²) in [6, 6.07) is 3.43. The molecule has 1 saturated heterocycles. The van der Waals surface area contributed by atoms with E-state index in [0.717, 1.165) is 10.6 Å². The molecule has 1 fully saturated rings. The number of pyridine rings is 1. The molecular weight excluding hydrogens is 358 g/mol. The van der Waals surface area contributed by atoms with Gasteiger partial charge in [0, 0.05) is 25.8 Å². The molecule has 8 nitrogen and oxygen atoms in total. The van der Waals surface area contributed by atoms with Gasteiger partial charge in [0.05, 0.1) is 28.3 Å². The summed E-state index contributed by atoms with van der Waals surface area (Å²) in [6.07, 6.45) is 2.01. The molecule has 0 spiro atoms. The maximum absolute atomic E-state index is 12.0. The molecule has 0 radical (unpaired) electrons. The van der Waals surface area contributed by atoms with E-state index < -0.39 is 0 Å². The van der Waals surface area contributed by atoms with E-state index in [9.17, 15) is 14.4 Å². The molecule has 0 unspecified atom stereocenters. The van der Waals surface area contributed by atoms with Gasteiger partial charge in [-0.25, -0.2) is 9.67 Å². The molecule has 3 amide bonds. The highest BCUT2D eigenvalue weighted by Crippen LogP contribution is 2.22. The first kappa shape index (κ1) is 18.1. The summed E-state index contributed by atoms with van der Waals surface area (Å²) in [5, 5.41) is 7.62. The fourth-order valence-electron chi connectivity index (χ4n) is 2.74. The van der Waals surface area contributed by atoms with Crippen LogP contribution >= 0.6 is 11.6 Å². The zero-order valence-electron chi connectivity index (χ0n) is 14.5. The van der Waals surface area contributed by atoms with Crippen molar-refractivity contribution >= 4 is 35.0 Å². The van der Waals surface area contributed by atoms with Crippen LogP contribution in [0.2, 0.25) is 5.02 Å². The van der Waals surface area contributed by atoms with Crippen LogP contribution in [0, 0.1) is 13.8 Å². The summed E-state index contributed by atoms with van der Waals surface area (Å²) in [6.45, 7) is 3.76. The summed E-state index contributed by atoms with van der Waals surface area (Å²) in [5.74, 6) is -0.153. The molecule has 0 atom stereocenters. The summed E-state index contributed by atoms with van der Waals surface area (Å²) < 4.78 is 1.63. The third-order valence-electron chi connectivity index (χ3n) is 4.17. The zero-order chi connectivity index (χ0) is 18.8. The molecule has 0 aromatic carbocycles. The van der Waals surface area contributed by atoms with Crippen LogP contribution in [0.15, 0.2) is 18.3 Å². The standard InChI is InChI=1S/C17H18ClN5O3/c1-10-17(18)11(2)23(21-10)13-4-3-12(9-19-13)20-14(24)7-8-22-15(25)5-6-16(22)26/h3-4,9H,5-8H2,1-2H3,(H,20,24). The number of hydrogen-bond donors (Lipinski definition) is 1. The number of likely N-dealkylation sites (tertiary alicyclic amines) is 1. The molecular formula is C17H18ClN5O3. The number of aryl methyl sites for hydroxylation is 1. The third-order valence-corrected chi connectivity index (χ3v) is 4.72. The van der Waals surface area contributed by atoms with Gasteiger partial charge in [-0.05, 0) is 26.0 Å². The van der Waals surface area contributed by atoms with Crippen molar-refractivity contribution in [2.45, 2.75) is 33.1 Å². The van der Waals surface area contributed by atoms with E-state index in [-0.39, 0.29) is 43.5 Å². The molecule has 3 heterocycles. The van der Waals surface area contributed by atoms with Crippen molar-refractivity contribution in [2.24, 2.45) is 0 Å². The largest absolute Gasteiger partial charge is 0.325 e. The minimum Gasteiger partial charge on any atom is -0.325 e. The van der Waals surface area contributed by atoms with Crippen molar-refractivity contribution < 1.29 is 14.4 Å². The second-order valence-corrected chi connectivity index (χ2v) is 6.42. The monoisotopic (exact) mass is 375 g/mol. The third kappa shape index (κ3) is 3.60. The van der Waals surface area contributed by atoms with Gasteiger partial charge in [0.25, 0.3) is 0 Å². The van der Waals surface area contributed by atoms with Gasteiger partial charge in [-0.15, -0.1) is 0 Å². The van der Waals surface area contributed by atoms with Gasteiger partial charge in [0.2, 0.25) is 17.7 Å². The molecule has 0 aliphatic carbocycles. The SMILES string of the molecule is Cc1nn(-c2ccc(NC(=O)CCN3C(=O)CCC3=O)cn2)c(C)c1Cl. The Labute approximate surface area is 155 Å². The van der Waals surface area contributed by atoms with Crippen LogP contribution in [0.3, 0.4) is 0 Å². The lowest BCUT2D eigenvalue weighted by Gasteiger charge is -2.13. The van der Waals surface area contributed by atoms with Crippen LogP contribution in [0.5, 0.6) is 0 Å². The van der Waals surface area contributed by atoms with Crippen LogP contribution < -0.4 is 5.32 Å². The number of carbonyl (C=O) groups excluding carboxylic acids is 3. The van der Waals surface area contributed by atoms with Gasteiger partial charge in [0.1, 0.15) is 0 Å². The molecule has 1 aliphatic heterocycles. The normalized spacial score (nSPS) is 14.2. The number of halogens is 1. The second-order valence-electron chi connectivity index (χ2n) is 6.04. The Morgan fingerprint density at radius 1 is 1.23 bits per heavy atom. The van der Waals surface area contributed by atoms with E-state index in [0.29, 0.717) is 22.2 Å². The lowest BCUT2D eigenvalue weighted by Crippen LogP contribution is -2.32. The Balaban J connectivity index is 1.60. The number of nitrogens with zero attached hydrogens (tertiary/aromatic N) is 4. The summed E-state index contributed by atoms with van der Waals surface area (Å²) in [7, 11) is 0. The second kappa shape index (κ2) is 7.25. The average molecular weight is 376 g/mol. The van der Waals surface area contributed by atoms with E-state index >= 15 is 0 Å². The number of carbonyl (C=O) groups is 3. The maximum atomic E-state index is 12.0. The van der Waals surface area contributed by atoms with Gasteiger partial charge in [-0.1, -0.05) is 11.6 Å². The number of nitrogens with one attached hydrogen (secondary N) is 1. The highest BCUT2D eigenvalue weighted by Gasteiger charge is 2.28. The van der Waals surface area contributed by atoms with E-state index in [4.69, 9.17) is 11.6 Å². The maximum Gasteiger partial charge on any atom is 0.229 e. The predicted molar refractivity (Wildman–Crippen MR) is 95.0 cm³/mol. The van der Waals surface area contributed by atoms with E-state index in [1.54, 1.807) is 16.8 Å². The smallest absolute Gasteiger partial charge is 0.229 e. The lowest BCUT2D eigenvalue weighted by atomic mass is 10.3. The first-order chi connectivity index (χ1) is 12.4. The number of rotatable bonds is 5. The number of amides is 3. The fourth-order valence-corrected chi connectivity index (χ4v) is 2.86. The average Bonchev–Trinajstić information content (AvgIpc) is 3.07. The predicted octanol–water partition coefficient (Wildman–Crippen LogP) is 2.02. The number of imide groups is 1. The molecule has 136 valence electrons. The van der Waals surface area contributed by atoms with Gasteiger partial charge < -0.3 is 5.32 Å². The minimum atomic E-state index is -0.291. The van der Waals surface area contributed by atoms with Crippen LogP contribution in [-0.4, -0.2) is 43.9 Å². The number of anilines is 1. The van der Waals surface area contributed by atoms with E-state index in [1.807, 2.05) is 13.8 Å². The molecule has 0 saturated carbocycles. The Hall–Kier alpha value is -2.74. The molecule has 26 heavy (non-hydrogen) atoms. The first-order valence-corrected chi connectivity index (χ1v) is 8.56. The lowest BCUT2D eigenvalue weighted by molar-refractivity contribution is -0.138. The van der Waals surface area contributed by atoms with Crippen LogP contribution in [0.25, 0.3) is 5.82 Å². The molecule has 9 heteroatoms. The summed E-state index contributed by atoms with van der Waals surface area (Å²) >= 11 is 6.14. The van der Waals surface area contributed by atoms with E-state index in [2.05, 4.69) is 15.4 Å². The number of hydrogen-bond acceptors (Lipinski definition) is 5. The molecule has 1 aliphatic rings. The summed E-state index contributed by atoms with van der Waals surface area (Å²) in [5.41, 5.74) is 2.02. The number of aromatic nitrogens is 3. The Bertz CT molecular complexity index is 859. The Morgan fingerprint density at radius 3 is 2.46 bits per heavy atom. The van der Waals surface area contributed by atoms with Crippen molar-refractivity contribution in [3.63, 3.8) is 0 Å². The van der Waals surface area contributed by atoms with Crippen molar-refractivity contribution in [3.8, 4) is 5.82 Å². The highest BCUT2D eigenvalue weighted by atomic mass is 35.5. The van der Waals surface area contributed by atoms with Crippen molar-refractivity contribution in [3.05, 3.63) is 34.7 Å². The van der Waals surface area contributed by atoms with Gasteiger partial charge >= 0.3 is 0 Å². The van der Waals surface area contributed by atoms with Crippen LogP contribution in [0.4, 0.5) is 5.69 Å². The molecule has 2 aromatic heterocycles. The Kier molecular flexibility index (Phi) is 5.03. The van der Waals surface area contributed by atoms with Crippen molar-refractivity contribution in [1.82, 2.24) is 19.7 Å². The topological polar surface area (TPSA) is 97.2 Å². The molecule has 0 bridgehead atoms.